The van der Waals surface area contributed by atoms with E-state index >= 15 is 0 Å². The van der Waals surface area contributed by atoms with Gasteiger partial charge in [0.1, 0.15) is 0 Å². The van der Waals surface area contributed by atoms with Crippen LogP contribution < -0.4 is 5.32 Å². The maximum absolute atomic E-state index is 5.98. The van der Waals surface area contributed by atoms with E-state index < -0.39 is 0 Å². The van der Waals surface area contributed by atoms with Crippen molar-refractivity contribution in [2.45, 2.75) is 32.4 Å². The van der Waals surface area contributed by atoms with Gasteiger partial charge in [-0.05, 0) is 31.0 Å². The fourth-order valence-corrected chi connectivity index (χ4v) is 1.81. The molecule has 0 heterocycles. The lowest BCUT2D eigenvalue weighted by atomic mass is 10.0. The quantitative estimate of drug-likeness (QED) is 0.824. The Bertz CT molecular complexity index is 317. The Morgan fingerprint density at radius 2 is 2.19 bits per heavy atom. The highest BCUT2D eigenvalue weighted by atomic mass is 35.5. The van der Waals surface area contributed by atoms with Crippen molar-refractivity contribution in [2.24, 2.45) is 0 Å². The average molecular weight is 242 g/mol. The molecule has 0 bridgehead atoms. The third-order valence-electron chi connectivity index (χ3n) is 2.71. The van der Waals surface area contributed by atoms with Gasteiger partial charge in [-0.3, -0.25) is 0 Å². The van der Waals surface area contributed by atoms with Crippen molar-refractivity contribution >= 4 is 11.6 Å². The standard InChI is InChI=1S/C13H20ClNO/c1-4-13(15-9-10(2)16-3)11-6-5-7-12(14)8-11/h5-8,10,13,15H,4,9H2,1-3H3. The van der Waals surface area contributed by atoms with Crippen molar-refractivity contribution in [1.29, 1.82) is 0 Å². The topological polar surface area (TPSA) is 21.3 Å². The van der Waals surface area contributed by atoms with Crippen LogP contribution in [0.3, 0.4) is 0 Å². The van der Waals surface area contributed by atoms with Crippen molar-refractivity contribution in [2.75, 3.05) is 13.7 Å². The SMILES string of the molecule is CCC(NCC(C)OC)c1cccc(Cl)c1. The first kappa shape index (κ1) is 13.5. The van der Waals surface area contributed by atoms with Gasteiger partial charge in [-0.2, -0.15) is 0 Å². The molecule has 0 aliphatic carbocycles. The van der Waals surface area contributed by atoms with Crippen molar-refractivity contribution in [3.05, 3.63) is 34.9 Å². The Morgan fingerprint density at radius 1 is 1.44 bits per heavy atom. The van der Waals surface area contributed by atoms with Crippen molar-refractivity contribution in [3.63, 3.8) is 0 Å². The number of ether oxygens (including phenoxy) is 1. The van der Waals surface area contributed by atoms with E-state index in [1.165, 1.54) is 5.56 Å². The van der Waals surface area contributed by atoms with Gasteiger partial charge in [0.15, 0.2) is 0 Å². The molecule has 2 nitrogen and oxygen atoms in total. The maximum atomic E-state index is 5.98. The third-order valence-corrected chi connectivity index (χ3v) is 2.95. The molecule has 0 fully saturated rings. The van der Waals surface area contributed by atoms with E-state index in [0.717, 1.165) is 18.0 Å². The molecule has 0 radical (unpaired) electrons. The van der Waals surface area contributed by atoms with E-state index in [0.29, 0.717) is 6.04 Å². The lowest BCUT2D eigenvalue weighted by Crippen LogP contribution is -2.29. The smallest absolute Gasteiger partial charge is 0.0667 e. The number of rotatable bonds is 6. The van der Waals surface area contributed by atoms with Crippen LogP contribution in [0.25, 0.3) is 0 Å². The van der Waals surface area contributed by atoms with Crippen LogP contribution in [0.5, 0.6) is 0 Å². The predicted molar refractivity (Wildman–Crippen MR) is 69.0 cm³/mol. The molecule has 0 saturated heterocycles. The molecule has 1 N–H and O–H groups in total. The summed E-state index contributed by atoms with van der Waals surface area (Å²) in [5.74, 6) is 0. The Labute approximate surface area is 103 Å². The van der Waals surface area contributed by atoms with E-state index in [1.54, 1.807) is 7.11 Å². The van der Waals surface area contributed by atoms with Gasteiger partial charge in [0.25, 0.3) is 0 Å². The predicted octanol–water partition coefficient (Wildman–Crippen LogP) is 3.42. The fraction of sp³-hybridized carbons (Fsp3) is 0.538. The molecule has 0 amide bonds. The first-order valence-electron chi connectivity index (χ1n) is 5.69. The second-order valence-corrected chi connectivity index (χ2v) is 4.41. The van der Waals surface area contributed by atoms with Gasteiger partial charge in [0.05, 0.1) is 6.10 Å². The lowest BCUT2D eigenvalue weighted by Gasteiger charge is -2.20. The molecule has 90 valence electrons. The summed E-state index contributed by atoms with van der Waals surface area (Å²) in [6.07, 6.45) is 1.27. The Hall–Kier alpha value is -0.570. The molecule has 0 spiro atoms. The highest BCUT2D eigenvalue weighted by molar-refractivity contribution is 6.30. The molecule has 0 saturated carbocycles. The molecule has 1 aromatic carbocycles. The number of halogens is 1. The van der Waals surface area contributed by atoms with Crippen LogP contribution in [0.2, 0.25) is 5.02 Å². The van der Waals surface area contributed by atoms with Crippen LogP contribution in [0.1, 0.15) is 31.9 Å². The van der Waals surface area contributed by atoms with Gasteiger partial charge in [-0.15, -0.1) is 0 Å². The summed E-state index contributed by atoms with van der Waals surface area (Å²) in [5, 5.41) is 4.27. The molecular formula is C13H20ClNO. The van der Waals surface area contributed by atoms with Crippen LogP contribution in [-0.2, 0) is 4.74 Å². The van der Waals surface area contributed by atoms with Gasteiger partial charge in [0.2, 0.25) is 0 Å². The van der Waals surface area contributed by atoms with E-state index in [4.69, 9.17) is 16.3 Å². The van der Waals surface area contributed by atoms with Gasteiger partial charge < -0.3 is 10.1 Å². The zero-order chi connectivity index (χ0) is 12.0. The largest absolute Gasteiger partial charge is 0.380 e. The van der Waals surface area contributed by atoms with Crippen molar-refractivity contribution in [1.82, 2.24) is 5.32 Å². The highest BCUT2D eigenvalue weighted by Crippen LogP contribution is 2.20. The number of nitrogens with one attached hydrogen (secondary N) is 1. The summed E-state index contributed by atoms with van der Waals surface area (Å²) < 4.78 is 5.22. The number of hydrogen-bond acceptors (Lipinski definition) is 2. The third kappa shape index (κ3) is 4.12. The first-order chi connectivity index (χ1) is 7.67. The van der Waals surface area contributed by atoms with Gasteiger partial charge in [0, 0.05) is 24.7 Å². The van der Waals surface area contributed by atoms with Crippen LogP contribution >= 0.6 is 11.6 Å². The molecule has 1 aromatic rings. The van der Waals surface area contributed by atoms with Gasteiger partial charge in [-0.25, -0.2) is 0 Å². The lowest BCUT2D eigenvalue weighted by molar-refractivity contribution is 0.114. The molecule has 2 unspecified atom stereocenters. The van der Waals surface area contributed by atoms with Gasteiger partial charge >= 0.3 is 0 Å². The molecule has 3 heteroatoms. The van der Waals surface area contributed by atoms with Crippen LogP contribution in [0.15, 0.2) is 24.3 Å². The molecular weight excluding hydrogens is 222 g/mol. The molecule has 0 aliphatic heterocycles. The second-order valence-electron chi connectivity index (χ2n) is 3.97. The number of methoxy groups -OCH3 is 1. The maximum Gasteiger partial charge on any atom is 0.0667 e. The molecule has 0 aliphatic rings. The second kappa shape index (κ2) is 6.89. The Balaban J connectivity index is 2.60. The zero-order valence-corrected chi connectivity index (χ0v) is 10.9. The van der Waals surface area contributed by atoms with Gasteiger partial charge in [-0.1, -0.05) is 30.7 Å². The van der Waals surface area contributed by atoms with Crippen molar-refractivity contribution in [3.8, 4) is 0 Å². The summed E-state index contributed by atoms with van der Waals surface area (Å²) >= 11 is 5.98. The van der Waals surface area contributed by atoms with Crippen molar-refractivity contribution < 1.29 is 4.74 Å². The minimum Gasteiger partial charge on any atom is -0.380 e. The number of hydrogen-bond donors (Lipinski definition) is 1. The summed E-state index contributed by atoms with van der Waals surface area (Å²) in [5.41, 5.74) is 1.23. The van der Waals surface area contributed by atoms with Crippen LogP contribution in [0.4, 0.5) is 0 Å². The highest BCUT2D eigenvalue weighted by Gasteiger charge is 2.10. The first-order valence-corrected chi connectivity index (χ1v) is 6.06. The van der Waals surface area contributed by atoms with E-state index in [9.17, 15) is 0 Å². The fourth-order valence-electron chi connectivity index (χ4n) is 1.61. The minimum atomic E-state index is 0.230. The summed E-state index contributed by atoms with van der Waals surface area (Å²) in [4.78, 5) is 0. The van der Waals surface area contributed by atoms with E-state index in [1.807, 2.05) is 18.2 Å². The average Bonchev–Trinajstić information content (AvgIpc) is 2.29. The molecule has 2 atom stereocenters. The Morgan fingerprint density at radius 3 is 2.75 bits per heavy atom. The zero-order valence-electron chi connectivity index (χ0n) is 10.2. The monoisotopic (exact) mass is 241 g/mol. The molecule has 16 heavy (non-hydrogen) atoms. The van der Waals surface area contributed by atoms with Crippen LogP contribution in [-0.4, -0.2) is 19.8 Å². The van der Waals surface area contributed by atoms with Crippen LogP contribution in [0, 0.1) is 0 Å². The Kier molecular flexibility index (Phi) is 5.81. The van der Waals surface area contributed by atoms with E-state index in [2.05, 4.69) is 25.2 Å². The number of benzene rings is 1. The molecule has 0 aromatic heterocycles. The normalized spacial score (nSPS) is 14.8. The summed E-state index contributed by atoms with van der Waals surface area (Å²) in [7, 11) is 1.73. The molecule has 1 rings (SSSR count). The summed E-state index contributed by atoms with van der Waals surface area (Å²) in [6.45, 7) is 5.06. The summed E-state index contributed by atoms with van der Waals surface area (Å²) in [6, 6.07) is 8.35. The van der Waals surface area contributed by atoms with E-state index in [-0.39, 0.29) is 6.10 Å². The minimum absolute atomic E-state index is 0.230.